The first-order valence-electron chi connectivity index (χ1n) is 6.43. The Balaban J connectivity index is 1.98. The lowest BCUT2D eigenvalue weighted by Gasteiger charge is -2.14. The molecule has 2 aromatic rings. The topological polar surface area (TPSA) is 46.5 Å². The number of carboxylic acid groups (broad SMARTS) is 1. The molecule has 0 aliphatic carbocycles. The fourth-order valence-electron chi connectivity index (χ4n) is 1.98. The van der Waals surface area contributed by atoms with E-state index in [0.29, 0.717) is 13.0 Å². The zero-order valence-electron chi connectivity index (χ0n) is 11.1. The Morgan fingerprint density at radius 1 is 1.10 bits per heavy atom. The molecule has 3 nitrogen and oxygen atoms in total. The quantitative estimate of drug-likeness (QED) is 0.736. The molecular formula is C16H14Br2O3. The van der Waals surface area contributed by atoms with Gasteiger partial charge in [-0.1, -0.05) is 50.1 Å². The van der Waals surface area contributed by atoms with Crippen molar-refractivity contribution in [2.75, 3.05) is 6.61 Å². The van der Waals surface area contributed by atoms with Crippen molar-refractivity contribution in [3.8, 4) is 5.75 Å². The Kier molecular flexibility index (Phi) is 5.82. The molecule has 21 heavy (non-hydrogen) atoms. The lowest BCUT2D eigenvalue weighted by atomic mass is 9.96. The summed E-state index contributed by atoms with van der Waals surface area (Å²) in [5.41, 5.74) is 0.781. The average molecular weight is 414 g/mol. The summed E-state index contributed by atoms with van der Waals surface area (Å²) >= 11 is 6.72. The first-order valence-corrected chi connectivity index (χ1v) is 8.01. The fraction of sp³-hybridized carbons (Fsp3) is 0.188. The van der Waals surface area contributed by atoms with Gasteiger partial charge in [-0.05, 0) is 42.3 Å². The highest BCUT2D eigenvalue weighted by Crippen LogP contribution is 2.23. The van der Waals surface area contributed by atoms with Crippen LogP contribution < -0.4 is 4.74 Å². The number of carbonyl (C=O) groups is 1. The number of benzene rings is 2. The summed E-state index contributed by atoms with van der Waals surface area (Å²) in [4.78, 5) is 11.4. The lowest BCUT2D eigenvalue weighted by molar-refractivity contribution is -0.139. The Bertz CT molecular complexity index is 611. The molecule has 0 aliphatic heterocycles. The van der Waals surface area contributed by atoms with Crippen LogP contribution in [0.2, 0.25) is 0 Å². The molecule has 0 radical (unpaired) electrons. The first kappa shape index (κ1) is 16.0. The third-order valence-corrected chi connectivity index (χ3v) is 4.06. The van der Waals surface area contributed by atoms with Gasteiger partial charge in [0.2, 0.25) is 0 Å². The monoisotopic (exact) mass is 412 g/mol. The number of ether oxygens (including phenoxy) is 1. The smallest absolute Gasteiger partial charge is 0.311 e. The lowest BCUT2D eigenvalue weighted by Crippen LogP contribution is -2.15. The van der Waals surface area contributed by atoms with Crippen molar-refractivity contribution in [3.63, 3.8) is 0 Å². The molecule has 110 valence electrons. The Morgan fingerprint density at radius 2 is 1.81 bits per heavy atom. The number of hydrogen-bond acceptors (Lipinski definition) is 2. The third-order valence-electron chi connectivity index (χ3n) is 3.04. The van der Waals surface area contributed by atoms with Crippen LogP contribution >= 0.6 is 31.9 Å². The zero-order valence-corrected chi connectivity index (χ0v) is 14.3. The maximum atomic E-state index is 11.4. The molecule has 0 aliphatic rings. The summed E-state index contributed by atoms with van der Waals surface area (Å²) in [6.07, 6.45) is 0.420. The minimum Gasteiger partial charge on any atom is -0.494 e. The van der Waals surface area contributed by atoms with E-state index in [1.54, 1.807) is 0 Å². The van der Waals surface area contributed by atoms with E-state index < -0.39 is 11.9 Å². The molecule has 0 aromatic heterocycles. The van der Waals surface area contributed by atoms with E-state index in [-0.39, 0.29) is 0 Å². The fourth-order valence-corrected chi connectivity index (χ4v) is 2.62. The first-order chi connectivity index (χ1) is 10.1. The van der Waals surface area contributed by atoms with Gasteiger partial charge in [-0.2, -0.15) is 0 Å². The van der Waals surface area contributed by atoms with Crippen LogP contribution in [0, 0.1) is 0 Å². The maximum Gasteiger partial charge on any atom is 0.311 e. The Labute approximate surface area is 140 Å². The maximum absolute atomic E-state index is 11.4. The van der Waals surface area contributed by atoms with Crippen LogP contribution in [0.3, 0.4) is 0 Å². The van der Waals surface area contributed by atoms with Crippen LogP contribution in [0.4, 0.5) is 0 Å². The number of hydrogen-bond donors (Lipinski definition) is 1. The van der Waals surface area contributed by atoms with Crippen molar-refractivity contribution in [2.24, 2.45) is 0 Å². The highest BCUT2D eigenvalue weighted by atomic mass is 79.9. The highest BCUT2D eigenvalue weighted by Gasteiger charge is 2.19. The van der Waals surface area contributed by atoms with Gasteiger partial charge in [-0.3, -0.25) is 4.79 Å². The molecule has 0 fully saturated rings. The van der Waals surface area contributed by atoms with E-state index >= 15 is 0 Å². The molecule has 2 rings (SSSR count). The normalized spacial score (nSPS) is 11.9. The van der Waals surface area contributed by atoms with Crippen LogP contribution in [0.1, 0.15) is 17.9 Å². The number of aliphatic carboxylic acids is 1. The number of halogens is 2. The van der Waals surface area contributed by atoms with Gasteiger partial charge in [0.05, 0.1) is 12.5 Å². The molecule has 1 N–H and O–H groups in total. The zero-order chi connectivity index (χ0) is 15.2. The van der Waals surface area contributed by atoms with E-state index in [1.165, 1.54) is 0 Å². The van der Waals surface area contributed by atoms with Gasteiger partial charge in [0.25, 0.3) is 0 Å². The summed E-state index contributed by atoms with van der Waals surface area (Å²) in [6, 6.07) is 14.8. The molecule has 0 saturated heterocycles. The van der Waals surface area contributed by atoms with Crippen LogP contribution in [-0.4, -0.2) is 17.7 Å². The molecule has 0 saturated carbocycles. The van der Waals surface area contributed by atoms with E-state index in [9.17, 15) is 9.90 Å². The third kappa shape index (κ3) is 4.86. The SMILES string of the molecule is O=C(O)C(CCOc1cccc(Br)c1)c1ccc(Br)cc1. The summed E-state index contributed by atoms with van der Waals surface area (Å²) in [5.74, 6) is -0.676. The molecule has 0 spiro atoms. The predicted molar refractivity (Wildman–Crippen MR) is 88.8 cm³/mol. The van der Waals surface area contributed by atoms with Gasteiger partial charge in [0, 0.05) is 8.95 Å². The summed E-state index contributed by atoms with van der Waals surface area (Å²) in [6.45, 7) is 0.351. The molecule has 1 unspecified atom stereocenters. The highest BCUT2D eigenvalue weighted by molar-refractivity contribution is 9.10. The van der Waals surface area contributed by atoms with Crippen molar-refractivity contribution >= 4 is 37.8 Å². The average Bonchev–Trinajstić information content (AvgIpc) is 2.45. The molecule has 0 amide bonds. The van der Waals surface area contributed by atoms with E-state index in [1.807, 2.05) is 48.5 Å². The summed E-state index contributed by atoms with van der Waals surface area (Å²) in [7, 11) is 0. The van der Waals surface area contributed by atoms with E-state index in [2.05, 4.69) is 31.9 Å². The largest absolute Gasteiger partial charge is 0.494 e. The molecule has 2 aromatic carbocycles. The van der Waals surface area contributed by atoms with Crippen LogP contribution in [-0.2, 0) is 4.79 Å². The molecular weight excluding hydrogens is 400 g/mol. The van der Waals surface area contributed by atoms with E-state index in [4.69, 9.17) is 4.74 Å². The van der Waals surface area contributed by atoms with Crippen molar-refractivity contribution in [3.05, 3.63) is 63.0 Å². The second-order valence-corrected chi connectivity index (χ2v) is 6.37. The van der Waals surface area contributed by atoms with E-state index in [0.717, 1.165) is 20.3 Å². The van der Waals surface area contributed by atoms with Crippen LogP contribution in [0.15, 0.2) is 57.5 Å². The molecule has 5 heteroatoms. The van der Waals surface area contributed by atoms with Gasteiger partial charge in [0.15, 0.2) is 0 Å². The van der Waals surface area contributed by atoms with Crippen LogP contribution in [0.25, 0.3) is 0 Å². The Hall–Kier alpha value is -1.33. The van der Waals surface area contributed by atoms with Crippen molar-refractivity contribution in [1.82, 2.24) is 0 Å². The second kappa shape index (κ2) is 7.61. The second-order valence-electron chi connectivity index (χ2n) is 4.54. The van der Waals surface area contributed by atoms with Gasteiger partial charge >= 0.3 is 5.97 Å². The minimum atomic E-state index is -0.838. The van der Waals surface area contributed by atoms with Gasteiger partial charge in [-0.25, -0.2) is 0 Å². The van der Waals surface area contributed by atoms with Gasteiger partial charge in [-0.15, -0.1) is 0 Å². The molecule has 1 atom stereocenters. The number of carboxylic acids is 1. The van der Waals surface area contributed by atoms with Gasteiger partial charge < -0.3 is 9.84 Å². The van der Waals surface area contributed by atoms with Crippen molar-refractivity contribution < 1.29 is 14.6 Å². The minimum absolute atomic E-state index is 0.351. The standard InChI is InChI=1S/C16H14Br2O3/c17-12-6-4-11(5-7-12)15(16(19)20)8-9-21-14-3-1-2-13(18)10-14/h1-7,10,15H,8-9H2,(H,19,20). The van der Waals surface area contributed by atoms with Gasteiger partial charge in [0.1, 0.15) is 5.75 Å². The number of rotatable bonds is 6. The van der Waals surface area contributed by atoms with Crippen molar-refractivity contribution in [2.45, 2.75) is 12.3 Å². The molecule has 0 heterocycles. The Morgan fingerprint density at radius 3 is 2.43 bits per heavy atom. The predicted octanol–water partition coefficient (Wildman–Crippen LogP) is 4.85. The van der Waals surface area contributed by atoms with Crippen LogP contribution in [0.5, 0.6) is 5.75 Å². The van der Waals surface area contributed by atoms with Crippen molar-refractivity contribution in [1.29, 1.82) is 0 Å². The summed E-state index contributed by atoms with van der Waals surface area (Å²) in [5, 5.41) is 9.36. The summed E-state index contributed by atoms with van der Waals surface area (Å²) < 4.78 is 7.47. The molecule has 0 bridgehead atoms.